The Hall–Kier alpha value is -6.20. The molecule has 0 saturated heterocycles. The van der Waals surface area contributed by atoms with E-state index in [2.05, 4.69) is 0 Å². The molecule has 9 rings (SSSR count). The van der Waals surface area contributed by atoms with Crippen LogP contribution in [0.4, 0.5) is 0 Å². The van der Waals surface area contributed by atoms with Crippen LogP contribution < -0.4 is 10.2 Å². The van der Waals surface area contributed by atoms with E-state index < -0.39 is 240 Å². The summed E-state index contributed by atoms with van der Waals surface area (Å²) in [6, 6.07) is -21.1. The molecule has 0 saturated carbocycles. The molecule has 0 bridgehead atoms. The van der Waals surface area contributed by atoms with Gasteiger partial charge in [-0.2, -0.15) is 0 Å². The Morgan fingerprint density at radius 2 is 1.00 bits per heavy atom. The highest BCUT2D eigenvalue weighted by Gasteiger charge is 2.18. The van der Waals surface area contributed by atoms with Crippen molar-refractivity contribution < 1.29 is 44.1 Å². The van der Waals surface area contributed by atoms with Gasteiger partial charge in [-0.25, -0.2) is 0 Å². The minimum atomic E-state index is -1.20. The van der Waals surface area contributed by atoms with Gasteiger partial charge in [0.05, 0.1) is 62.0 Å². The van der Waals surface area contributed by atoms with Gasteiger partial charge in [0.1, 0.15) is 25.1 Å². The topological polar surface area (TPSA) is 39.3 Å². The number of benzene rings is 7. The van der Waals surface area contributed by atoms with E-state index in [4.69, 9.17) is 40.0 Å². The minimum absolute atomic E-state index is 0.405. The second-order valence-electron chi connectivity index (χ2n) is 9.86. The number of para-hydroxylation sites is 5. The maximum Gasteiger partial charge on any atom is 0.127 e. The van der Waals surface area contributed by atoms with E-state index in [1.807, 2.05) is 0 Å². The van der Waals surface area contributed by atoms with Gasteiger partial charge in [0, 0.05) is 38.8 Å². The van der Waals surface area contributed by atoms with Crippen LogP contribution in [-0.2, 0) is 0 Å². The first-order valence-electron chi connectivity index (χ1n) is 26.1. The number of aromatic nitrogens is 2. The summed E-state index contributed by atoms with van der Waals surface area (Å²) in [6.45, 7) is 0. The van der Waals surface area contributed by atoms with Crippen molar-refractivity contribution in [2.24, 2.45) is 0 Å². The third kappa shape index (κ3) is 4.32. The van der Waals surface area contributed by atoms with Gasteiger partial charge >= 0.3 is 0 Å². The number of fused-ring (bicyclic) bond motifs is 6. The van der Waals surface area contributed by atoms with Crippen LogP contribution in [-0.4, -0.2) is 22.1 Å². The molecule has 0 aliphatic rings. The van der Waals surface area contributed by atoms with Gasteiger partial charge in [0.15, 0.2) is 0 Å². The maximum atomic E-state index is 11.4. The molecule has 220 valence electrons. The van der Waals surface area contributed by atoms with Crippen molar-refractivity contribution in [1.29, 1.82) is 0 Å². The number of hydrogen-bond acceptors (Lipinski definition) is 2. The number of hydrogen-bond donors (Lipinski definition) is 1. The molecule has 7 aromatic carbocycles. The van der Waals surface area contributed by atoms with Gasteiger partial charge in [-0.3, -0.25) is 0 Å². The molecule has 9 aromatic rings. The highest BCUT2D eigenvalue weighted by atomic mass is 16.5. The van der Waals surface area contributed by atoms with E-state index in [1.165, 1.54) is 0 Å². The Morgan fingerprint density at radius 3 is 1.57 bits per heavy atom. The summed E-state index contributed by atoms with van der Waals surface area (Å²) in [5.74, 6) is -2.99. The Kier molecular flexibility index (Phi) is 2.71. The van der Waals surface area contributed by atoms with Crippen LogP contribution in [0.25, 0.3) is 66.1 Å². The number of phenolic OH excluding ortho intramolecular Hbond substituents is 1. The summed E-state index contributed by atoms with van der Waals surface area (Å²) >= 11 is 0. The summed E-state index contributed by atoms with van der Waals surface area (Å²) in [5, 5.41) is 9.58. The molecule has 2 radical (unpaired) electrons. The van der Waals surface area contributed by atoms with Gasteiger partial charge in [-0.05, 0) is 71.5 Å². The predicted molar refractivity (Wildman–Crippen MR) is 194 cm³/mol. The van der Waals surface area contributed by atoms with Crippen LogP contribution in [0.1, 0.15) is 34.3 Å². The summed E-state index contributed by atoms with van der Waals surface area (Å²) < 4.78 is 227. The number of phenols is 1. The van der Waals surface area contributed by atoms with E-state index >= 15 is 0 Å². The van der Waals surface area contributed by atoms with Gasteiger partial charge in [-0.15, -0.1) is 0 Å². The van der Waals surface area contributed by atoms with Gasteiger partial charge < -0.3 is 19.0 Å². The van der Waals surface area contributed by atoms with E-state index in [-0.39, 0.29) is 0 Å². The molecule has 1 N–H and O–H groups in total. The third-order valence-corrected chi connectivity index (χ3v) is 7.28. The lowest BCUT2D eigenvalue weighted by atomic mass is 9.85. The summed E-state index contributed by atoms with van der Waals surface area (Å²) in [4.78, 5) is 0. The number of aromatic hydroxyl groups is 1. The van der Waals surface area contributed by atoms with Crippen LogP contribution >= 0.6 is 0 Å². The number of ether oxygens (including phenoxy) is 1. The largest absolute Gasteiger partial charge is 0.507 e. The lowest BCUT2D eigenvalue weighted by Crippen LogP contribution is -2.12. The Morgan fingerprint density at radius 1 is 0.511 bits per heavy atom. The number of nitrogens with zero attached hydrogens (tertiary/aromatic N) is 2. The molecule has 0 atom stereocenters. The number of rotatable bonds is 5. The van der Waals surface area contributed by atoms with Crippen molar-refractivity contribution in [1.82, 2.24) is 9.13 Å². The molecule has 5 heteroatoms. The maximum absolute atomic E-state index is 11.4. The molecule has 0 spiro atoms. The molecule has 47 heavy (non-hydrogen) atoms. The van der Waals surface area contributed by atoms with Crippen LogP contribution in [0.3, 0.4) is 0 Å². The Labute approximate surface area is 307 Å². The molecular formula is C42H27BN2O2. The second kappa shape index (κ2) is 10.7. The lowest BCUT2D eigenvalue weighted by Gasteiger charge is -2.18. The van der Waals surface area contributed by atoms with Crippen LogP contribution in [0.15, 0.2) is 157 Å². The van der Waals surface area contributed by atoms with Gasteiger partial charge in [0.2, 0.25) is 0 Å². The van der Waals surface area contributed by atoms with E-state index in [9.17, 15) is 12.0 Å². The zero-order valence-corrected chi connectivity index (χ0v) is 23.4. The van der Waals surface area contributed by atoms with Crippen molar-refractivity contribution in [2.75, 3.05) is 0 Å². The SMILES string of the molecule is [2H]c1cc(Oc2c([2H])c(-n3c4c([2H])c([2H])c([2H])c([2H])c4c4c([2H])c([2H])c([2H])c([2H])c43)c([2H])c(-c3c([2H])c([2H])c([2H])c([2H])c3O)c2[B])c([2H])c([2H])c1-n1c2c([2H])c([2H])c([2H])c([2H])c2c2c([2H])c([2H])c([2H])c([2H])c21. The average molecular weight is 628 g/mol. The Balaban J connectivity index is 1.43. The van der Waals surface area contributed by atoms with E-state index in [0.29, 0.717) is 4.57 Å². The molecule has 0 unspecified atom stereocenters. The quantitative estimate of drug-likeness (QED) is 0.193. The third-order valence-electron chi connectivity index (χ3n) is 7.28. The van der Waals surface area contributed by atoms with Crippen LogP contribution in [0, 0.1) is 0 Å². The summed E-state index contributed by atoms with van der Waals surface area (Å²) in [6.07, 6.45) is 0. The fourth-order valence-electron chi connectivity index (χ4n) is 5.28. The first-order chi connectivity index (χ1) is 33.6. The van der Waals surface area contributed by atoms with Crippen molar-refractivity contribution >= 4 is 56.9 Å². The molecule has 2 heterocycles. The molecule has 0 aliphatic carbocycles. The fraction of sp³-hybridized carbons (Fsp3) is 0. The van der Waals surface area contributed by atoms with Crippen molar-refractivity contribution in [3.05, 3.63) is 157 Å². The van der Waals surface area contributed by atoms with Crippen molar-refractivity contribution in [3.63, 3.8) is 0 Å². The highest BCUT2D eigenvalue weighted by molar-refractivity contribution is 6.38. The van der Waals surface area contributed by atoms with Crippen molar-refractivity contribution in [3.8, 4) is 39.8 Å². The molecule has 0 amide bonds. The first-order valence-corrected chi connectivity index (χ1v) is 13.6. The zero-order valence-electron chi connectivity index (χ0n) is 48.4. The highest BCUT2D eigenvalue weighted by Crippen LogP contribution is 2.38. The smallest absolute Gasteiger partial charge is 0.127 e. The standard InChI is InChI=1S/C42H27BN2O2/c43-42-35(34-15-5-10-20-40(34)46)25-28(45-38-18-8-3-13-32(38)33-14-4-9-19-39(33)45)26-41(42)47-29-23-21-27(22-24-29)44-36-16-6-1-11-30(36)31-12-2-7-17-37(31)44/h1-26,46H/i1D,2D,3D,4D,5D,6D,7D,8D,9D,10D,11D,12D,13D,14D,15D,16D,17D,18D,19D,20D,21D,22D,23D,25D,26D. The molecule has 2 aromatic heterocycles. The molecule has 0 fully saturated rings. The second-order valence-corrected chi connectivity index (χ2v) is 9.86. The van der Waals surface area contributed by atoms with Crippen molar-refractivity contribution in [2.45, 2.75) is 0 Å². The van der Waals surface area contributed by atoms with Gasteiger partial charge in [0.25, 0.3) is 0 Å². The first kappa shape index (κ1) is 11.9. The lowest BCUT2D eigenvalue weighted by molar-refractivity contribution is 0.477. The normalized spacial score (nSPS) is 19.0. The monoisotopic (exact) mass is 627 g/mol. The molecule has 4 nitrogen and oxygen atoms in total. The molecular weight excluding hydrogens is 575 g/mol. The van der Waals surface area contributed by atoms with E-state index in [1.54, 1.807) is 0 Å². The van der Waals surface area contributed by atoms with Crippen LogP contribution in [0.5, 0.6) is 17.2 Å². The van der Waals surface area contributed by atoms with Crippen LogP contribution in [0.2, 0.25) is 0 Å². The summed E-state index contributed by atoms with van der Waals surface area (Å²) in [5.41, 5.74) is -6.39. The van der Waals surface area contributed by atoms with E-state index in [0.717, 1.165) is 10.6 Å². The zero-order chi connectivity index (χ0) is 53.2. The predicted octanol–water partition coefficient (Wildman–Crippen LogP) is 9.84. The fourth-order valence-corrected chi connectivity index (χ4v) is 5.28. The molecule has 0 aliphatic heterocycles. The minimum Gasteiger partial charge on any atom is -0.507 e. The summed E-state index contributed by atoms with van der Waals surface area (Å²) in [7, 11) is 6.67. The van der Waals surface area contributed by atoms with Gasteiger partial charge in [-0.1, -0.05) is 90.6 Å². The Bertz CT molecular complexity index is 3870. The average Bonchev–Trinajstić information content (AvgIpc) is 3.88.